The highest BCUT2D eigenvalue weighted by Gasteiger charge is 2.66. The van der Waals surface area contributed by atoms with Crippen molar-refractivity contribution in [2.24, 2.45) is 28.6 Å². The number of hydrogen-bond acceptors (Lipinski definition) is 5. The van der Waals surface area contributed by atoms with Gasteiger partial charge in [-0.1, -0.05) is 38.8 Å². The van der Waals surface area contributed by atoms with E-state index in [1.54, 1.807) is 6.92 Å². The summed E-state index contributed by atoms with van der Waals surface area (Å²) in [7, 11) is -4.43. The highest BCUT2D eigenvalue weighted by atomic mass is 32.3. The molecule has 1 unspecified atom stereocenters. The van der Waals surface area contributed by atoms with Gasteiger partial charge in [0.15, 0.2) is 5.78 Å². The predicted octanol–water partition coefficient (Wildman–Crippen LogP) is 5.28. The average Bonchev–Trinajstić information content (AvgIpc) is 3.01. The summed E-state index contributed by atoms with van der Waals surface area (Å²) < 4.78 is 42.9. The molecule has 4 aliphatic rings. The summed E-state index contributed by atoms with van der Waals surface area (Å²) in [6.45, 7) is 9.18. The second-order valence-electron chi connectivity index (χ2n) is 11.2. The largest absolute Gasteiger partial charge is 0.397 e. The molecule has 3 saturated carbocycles. The van der Waals surface area contributed by atoms with Crippen LogP contribution in [0, 0.1) is 28.6 Å². The Balaban J connectivity index is 1.58. The normalized spacial score (nSPS) is 43.7. The van der Waals surface area contributed by atoms with Crippen LogP contribution in [0.15, 0.2) is 11.6 Å². The minimum Gasteiger partial charge on any atom is -0.367 e. The molecule has 0 spiro atoms. The first-order valence-electron chi connectivity index (χ1n) is 12.5. The second-order valence-corrected chi connectivity index (χ2v) is 12.3. The molecule has 0 aromatic rings. The molecule has 4 aliphatic carbocycles. The Kier molecular flexibility index (Phi) is 6.45. The summed E-state index contributed by atoms with van der Waals surface area (Å²) in [5.74, 6) is 1.72. The monoisotopic (exact) mass is 468 g/mol. The molecule has 0 saturated heterocycles. The lowest BCUT2D eigenvalue weighted by Crippen LogP contribution is -2.58. The number of fused-ring (bicyclic) bond motifs is 5. The van der Waals surface area contributed by atoms with E-state index in [1.807, 2.05) is 0 Å². The van der Waals surface area contributed by atoms with Crippen molar-refractivity contribution in [2.45, 2.75) is 104 Å². The summed E-state index contributed by atoms with van der Waals surface area (Å²) in [6.07, 6.45) is 10.9. The Hall–Kier alpha value is -0.760. The molecule has 7 heteroatoms. The van der Waals surface area contributed by atoms with Gasteiger partial charge in [0.25, 0.3) is 0 Å². The van der Waals surface area contributed by atoms with E-state index >= 15 is 0 Å². The molecule has 182 valence electrons. The van der Waals surface area contributed by atoms with E-state index in [4.69, 9.17) is 13.5 Å². The highest BCUT2D eigenvalue weighted by molar-refractivity contribution is 7.80. The van der Waals surface area contributed by atoms with E-state index in [0.29, 0.717) is 37.2 Å². The van der Waals surface area contributed by atoms with Crippen LogP contribution >= 0.6 is 0 Å². The Labute approximate surface area is 193 Å². The molecule has 0 heterocycles. The van der Waals surface area contributed by atoms with Gasteiger partial charge in [0.2, 0.25) is 0 Å². The summed E-state index contributed by atoms with van der Waals surface area (Å²) in [4.78, 5) is 13.0. The topological polar surface area (TPSA) is 89.9 Å². The third-order valence-corrected chi connectivity index (χ3v) is 10.4. The van der Waals surface area contributed by atoms with Gasteiger partial charge in [-0.05, 0) is 87.9 Å². The third kappa shape index (κ3) is 3.81. The first kappa shape index (κ1) is 24.4. The third-order valence-electron chi connectivity index (χ3n) is 9.85. The van der Waals surface area contributed by atoms with E-state index in [2.05, 4.69) is 26.8 Å². The van der Waals surface area contributed by atoms with Crippen LogP contribution < -0.4 is 0 Å². The number of ether oxygens (including phenoxy) is 1. The van der Waals surface area contributed by atoms with Crippen LogP contribution in [0.2, 0.25) is 0 Å². The molecule has 0 radical (unpaired) electrons. The average molecular weight is 469 g/mol. The number of Topliss-reactive ketones (excluding diaryl/α,β-unsaturated/α-hetero) is 1. The van der Waals surface area contributed by atoms with Crippen LogP contribution in [0.25, 0.3) is 0 Å². The van der Waals surface area contributed by atoms with Crippen LogP contribution in [-0.4, -0.2) is 37.1 Å². The molecule has 0 aliphatic heterocycles. The Bertz CT molecular complexity index is 881. The van der Waals surface area contributed by atoms with Gasteiger partial charge in [0, 0.05) is 12.0 Å². The zero-order valence-corrected chi connectivity index (χ0v) is 20.9. The lowest BCUT2D eigenvalue weighted by Gasteiger charge is -2.59. The summed E-state index contributed by atoms with van der Waals surface area (Å²) >= 11 is 0. The second kappa shape index (κ2) is 8.47. The number of carbonyl (C=O) groups excluding carboxylic acids is 1. The van der Waals surface area contributed by atoms with Crippen LogP contribution in [0.1, 0.15) is 91.9 Å². The van der Waals surface area contributed by atoms with Gasteiger partial charge >= 0.3 is 10.4 Å². The Morgan fingerprint density at radius 3 is 2.53 bits per heavy atom. The van der Waals surface area contributed by atoms with E-state index in [9.17, 15) is 13.2 Å². The molecule has 4 rings (SSSR count). The smallest absolute Gasteiger partial charge is 0.367 e. The standard InChI is InChI=1S/C25H40O6S/c1-5-6-15-30-25(17(2)26)14-11-22-20-8-7-18-16-19(31-32(27,28)29)9-12-23(18,3)21(20)10-13-24(22,25)4/h7,19-22H,5-6,8-16H2,1-4H3,(H,27,28,29)/t19?,20-,21+,22+,23+,24+,25+/m1/s1. The molecular formula is C25H40O6S. The maximum Gasteiger partial charge on any atom is 0.397 e. The number of rotatable bonds is 7. The van der Waals surface area contributed by atoms with Crippen LogP contribution in [0.3, 0.4) is 0 Å². The van der Waals surface area contributed by atoms with Gasteiger partial charge in [-0.25, -0.2) is 4.18 Å². The van der Waals surface area contributed by atoms with Gasteiger partial charge in [-0.15, -0.1) is 0 Å². The first-order valence-corrected chi connectivity index (χ1v) is 13.8. The number of ketones is 1. The molecule has 3 fully saturated rings. The number of unbranched alkanes of at least 4 members (excludes halogenated alkanes) is 1. The predicted molar refractivity (Wildman–Crippen MR) is 122 cm³/mol. The number of hydrogen-bond donors (Lipinski definition) is 1. The molecular weight excluding hydrogens is 428 g/mol. The quantitative estimate of drug-likeness (QED) is 0.310. The zero-order chi connectivity index (χ0) is 23.4. The van der Waals surface area contributed by atoms with Crippen molar-refractivity contribution in [3.05, 3.63) is 11.6 Å². The molecule has 0 aromatic carbocycles. The highest BCUT2D eigenvalue weighted by Crippen LogP contribution is 2.68. The summed E-state index contributed by atoms with van der Waals surface area (Å²) in [6, 6.07) is 0. The Morgan fingerprint density at radius 1 is 1.16 bits per heavy atom. The van der Waals surface area contributed by atoms with Gasteiger partial charge in [-0.3, -0.25) is 9.35 Å². The molecule has 0 aromatic heterocycles. The number of carbonyl (C=O) groups is 1. The fraction of sp³-hybridized carbons (Fsp3) is 0.880. The van der Waals surface area contributed by atoms with Gasteiger partial charge in [-0.2, -0.15) is 8.42 Å². The fourth-order valence-corrected chi connectivity index (χ4v) is 8.70. The van der Waals surface area contributed by atoms with Crippen LogP contribution in [0.5, 0.6) is 0 Å². The molecule has 1 N–H and O–H groups in total. The first-order chi connectivity index (χ1) is 15.0. The Morgan fingerprint density at radius 2 is 1.88 bits per heavy atom. The molecule has 7 atom stereocenters. The zero-order valence-electron chi connectivity index (χ0n) is 20.1. The van der Waals surface area contributed by atoms with Crippen molar-refractivity contribution in [3.8, 4) is 0 Å². The molecule has 0 amide bonds. The van der Waals surface area contributed by atoms with Crippen molar-refractivity contribution in [2.75, 3.05) is 6.61 Å². The molecule has 6 nitrogen and oxygen atoms in total. The van der Waals surface area contributed by atoms with Gasteiger partial charge in [0.05, 0.1) is 6.10 Å². The summed E-state index contributed by atoms with van der Waals surface area (Å²) in [5.41, 5.74) is 0.551. The minimum atomic E-state index is -4.43. The van der Waals surface area contributed by atoms with E-state index < -0.39 is 22.1 Å². The minimum absolute atomic E-state index is 0.0356. The lowest BCUT2D eigenvalue weighted by atomic mass is 9.46. The van der Waals surface area contributed by atoms with Crippen molar-refractivity contribution in [3.63, 3.8) is 0 Å². The van der Waals surface area contributed by atoms with Crippen LogP contribution in [0.4, 0.5) is 0 Å². The van der Waals surface area contributed by atoms with Gasteiger partial charge < -0.3 is 4.74 Å². The van der Waals surface area contributed by atoms with E-state index in [1.165, 1.54) is 5.57 Å². The molecule has 0 bridgehead atoms. The summed E-state index contributed by atoms with van der Waals surface area (Å²) in [5, 5.41) is 0. The van der Waals surface area contributed by atoms with Gasteiger partial charge in [0.1, 0.15) is 5.60 Å². The van der Waals surface area contributed by atoms with Crippen molar-refractivity contribution in [1.29, 1.82) is 0 Å². The van der Waals surface area contributed by atoms with Crippen molar-refractivity contribution < 1.29 is 26.7 Å². The molecule has 32 heavy (non-hydrogen) atoms. The van der Waals surface area contributed by atoms with Crippen molar-refractivity contribution >= 4 is 16.2 Å². The fourth-order valence-electron chi connectivity index (χ4n) is 8.19. The maximum atomic E-state index is 13.0. The SMILES string of the molecule is CCCCO[C@]1(C(C)=O)CC[C@H]2[C@@H]3CC=C4CC(OS(=O)(=O)O)CC[C@]4(C)[C@H]3CC[C@@]21C. The van der Waals surface area contributed by atoms with Crippen LogP contribution in [-0.2, 0) is 24.1 Å². The van der Waals surface area contributed by atoms with Crippen molar-refractivity contribution in [1.82, 2.24) is 0 Å². The van der Waals surface area contributed by atoms with E-state index in [-0.39, 0.29) is 16.6 Å². The number of allylic oxidation sites excluding steroid dienone is 1. The lowest BCUT2D eigenvalue weighted by molar-refractivity contribution is -0.175. The maximum absolute atomic E-state index is 13.0. The van der Waals surface area contributed by atoms with E-state index in [0.717, 1.165) is 51.4 Å².